The number of rotatable bonds is 3. The average molecular weight is 256 g/mol. The first-order valence-electron chi connectivity index (χ1n) is 6.40. The second kappa shape index (κ2) is 5.31. The summed E-state index contributed by atoms with van der Waals surface area (Å²) in [4.78, 5) is 2.07. The van der Waals surface area contributed by atoms with Crippen molar-refractivity contribution in [2.45, 2.75) is 20.3 Å². The van der Waals surface area contributed by atoms with Crippen LogP contribution in [0.4, 0.5) is 5.69 Å². The molecule has 0 radical (unpaired) electrons. The minimum absolute atomic E-state index is 0.943. The molecule has 0 saturated heterocycles. The second-order valence-electron chi connectivity index (χ2n) is 5.13. The Labute approximate surface area is 114 Å². The van der Waals surface area contributed by atoms with Gasteiger partial charge in [0.15, 0.2) is 0 Å². The molecule has 0 spiro atoms. The maximum Gasteiger partial charge on any atom is 0.0743 e. The van der Waals surface area contributed by atoms with Crippen LogP contribution < -0.4 is 4.90 Å². The van der Waals surface area contributed by atoms with Crippen LogP contribution in [0.3, 0.4) is 0 Å². The van der Waals surface area contributed by atoms with Crippen LogP contribution >= 0.6 is 0 Å². The van der Waals surface area contributed by atoms with E-state index in [1.54, 1.807) is 0 Å². The summed E-state index contributed by atoms with van der Waals surface area (Å²) in [5, 5.41) is 12.1. The monoisotopic (exact) mass is 256 g/mol. The molecule has 0 unspecified atom stereocenters. The zero-order valence-electron chi connectivity index (χ0n) is 11.9. The van der Waals surface area contributed by atoms with Gasteiger partial charge in [0, 0.05) is 25.3 Å². The van der Waals surface area contributed by atoms with Gasteiger partial charge in [0.2, 0.25) is 0 Å². The minimum Gasteiger partial charge on any atom is -0.411 e. The molecular formula is C16H20N2O. The molecule has 1 N–H and O–H groups in total. The molecule has 0 atom stereocenters. The second-order valence-corrected chi connectivity index (χ2v) is 5.13. The van der Waals surface area contributed by atoms with E-state index < -0.39 is 0 Å². The van der Waals surface area contributed by atoms with E-state index in [9.17, 15) is 0 Å². The summed E-state index contributed by atoms with van der Waals surface area (Å²) in [6.07, 6.45) is 6.88. The molecule has 2 rings (SSSR count). The first-order chi connectivity index (χ1) is 9.04. The molecule has 1 aliphatic carbocycles. The van der Waals surface area contributed by atoms with E-state index in [2.05, 4.69) is 48.2 Å². The van der Waals surface area contributed by atoms with E-state index >= 15 is 0 Å². The van der Waals surface area contributed by atoms with E-state index in [4.69, 9.17) is 5.21 Å². The van der Waals surface area contributed by atoms with Crippen LogP contribution in [0.2, 0.25) is 0 Å². The van der Waals surface area contributed by atoms with Gasteiger partial charge >= 0.3 is 0 Å². The molecule has 0 amide bonds. The minimum atomic E-state index is 0.943. The fourth-order valence-electron chi connectivity index (χ4n) is 2.56. The maximum atomic E-state index is 8.92. The van der Waals surface area contributed by atoms with Crippen molar-refractivity contribution in [1.29, 1.82) is 0 Å². The largest absolute Gasteiger partial charge is 0.411 e. The van der Waals surface area contributed by atoms with Gasteiger partial charge in [0.05, 0.1) is 6.21 Å². The Morgan fingerprint density at radius 1 is 1.26 bits per heavy atom. The van der Waals surface area contributed by atoms with Crippen LogP contribution in [0.25, 0.3) is 5.57 Å². The Bertz CT molecular complexity index is 581. The molecule has 0 saturated carbocycles. The molecule has 1 aromatic carbocycles. The summed E-state index contributed by atoms with van der Waals surface area (Å²) in [6, 6.07) is 4.23. The van der Waals surface area contributed by atoms with E-state index in [1.807, 2.05) is 14.1 Å². The lowest BCUT2D eigenvalue weighted by atomic mass is 9.94. The van der Waals surface area contributed by atoms with E-state index in [-0.39, 0.29) is 0 Å². The van der Waals surface area contributed by atoms with E-state index in [0.29, 0.717) is 0 Å². The lowest BCUT2D eigenvalue weighted by Gasteiger charge is -2.19. The third-order valence-corrected chi connectivity index (χ3v) is 3.55. The Balaban J connectivity index is 2.56. The van der Waals surface area contributed by atoms with Crippen molar-refractivity contribution >= 4 is 17.5 Å². The maximum absolute atomic E-state index is 8.92. The average Bonchev–Trinajstić information content (AvgIpc) is 2.78. The lowest BCUT2D eigenvalue weighted by Crippen LogP contribution is -2.12. The molecule has 0 aliphatic heterocycles. The van der Waals surface area contributed by atoms with Gasteiger partial charge in [-0.2, -0.15) is 0 Å². The quantitative estimate of drug-likeness (QED) is 0.509. The van der Waals surface area contributed by atoms with Gasteiger partial charge in [-0.05, 0) is 43.0 Å². The van der Waals surface area contributed by atoms with Crippen molar-refractivity contribution < 1.29 is 5.21 Å². The first kappa shape index (κ1) is 13.4. The van der Waals surface area contributed by atoms with Crippen molar-refractivity contribution in [2.24, 2.45) is 5.16 Å². The smallest absolute Gasteiger partial charge is 0.0743 e. The lowest BCUT2D eigenvalue weighted by molar-refractivity contribution is 0.322. The molecule has 0 bridgehead atoms. The molecule has 0 aromatic heterocycles. The SMILES string of the molecule is CC1=CCC(c2ccc(N(C)C)c(C)c2C=NO)=C1. The van der Waals surface area contributed by atoms with Crippen molar-refractivity contribution in [3.63, 3.8) is 0 Å². The van der Waals surface area contributed by atoms with Gasteiger partial charge in [-0.1, -0.05) is 28.9 Å². The van der Waals surface area contributed by atoms with Gasteiger partial charge < -0.3 is 10.1 Å². The zero-order chi connectivity index (χ0) is 14.0. The van der Waals surface area contributed by atoms with E-state index in [0.717, 1.165) is 28.8 Å². The van der Waals surface area contributed by atoms with Crippen molar-refractivity contribution in [3.8, 4) is 0 Å². The molecular weight excluding hydrogens is 236 g/mol. The van der Waals surface area contributed by atoms with Crippen LogP contribution in [0, 0.1) is 6.92 Å². The highest BCUT2D eigenvalue weighted by Gasteiger charge is 2.14. The molecule has 3 nitrogen and oxygen atoms in total. The number of hydrogen-bond acceptors (Lipinski definition) is 3. The standard InChI is InChI=1S/C16H20N2O/c1-11-5-6-13(9-11)14-7-8-16(18(3)4)12(2)15(14)10-17-19/h5,7-10,19H,6H2,1-4H3. The molecule has 0 heterocycles. The number of hydrogen-bond donors (Lipinski definition) is 1. The van der Waals surface area contributed by atoms with Crippen LogP contribution in [-0.2, 0) is 0 Å². The predicted molar refractivity (Wildman–Crippen MR) is 81.2 cm³/mol. The van der Waals surface area contributed by atoms with Crippen LogP contribution in [0.15, 0.2) is 35.0 Å². The summed E-state index contributed by atoms with van der Waals surface area (Å²) >= 11 is 0. The van der Waals surface area contributed by atoms with Crippen LogP contribution in [0.1, 0.15) is 30.0 Å². The molecule has 0 fully saturated rings. The topological polar surface area (TPSA) is 35.8 Å². The summed E-state index contributed by atoms with van der Waals surface area (Å²) in [7, 11) is 4.03. The van der Waals surface area contributed by atoms with Crippen molar-refractivity contribution in [2.75, 3.05) is 19.0 Å². The normalized spacial score (nSPS) is 14.7. The molecule has 19 heavy (non-hydrogen) atoms. The first-order valence-corrected chi connectivity index (χ1v) is 6.40. The molecule has 3 heteroatoms. The Kier molecular flexibility index (Phi) is 3.74. The van der Waals surface area contributed by atoms with Gasteiger partial charge in [-0.15, -0.1) is 0 Å². The summed E-state index contributed by atoms with van der Waals surface area (Å²) < 4.78 is 0. The van der Waals surface area contributed by atoms with Crippen molar-refractivity contribution in [3.05, 3.63) is 46.5 Å². The summed E-state index contributed by atoms with van der Waals surface area (Å²) in [5.74, 6) is 0. The fraction of sp³-hybridized carbons (Fsp3) is 0.312. The van der Waals surface area contributed by atoms with Gasteiger partial charge in [-0.25, -0.2) is 0 Å². The number of allylic oxidation sites excluding steroid dienone is 4. The number of benzene rings is 1. The number of nitrogens with zero attached hydrogens (tertiary/aromatic N) is 2. The van der Waals surface area contributed by atoms with Crippen LogP contribution in [0.5, 0.6) is 0 Å². The number of oxime groups is 1. The molecule has 1 aliphatic rings. The highest BCUT2D eigenvalue weighted by molar-refractivity contribution is 5.93. The third kappa shape index (κ3) is 2.55. The Morgan fingerprint density at radius 2 is 2.00 bits per heavy atom. The Morgan fingerprint density at radius 3 is 2.53 bits per heavy atom. The highest BCUT2D eigenvalue weighted by Crippen LogP contribution is 2.33. The van der Waals surface area contributed by atoms with Crippen LogP contribution in [-0.4, -0.2) is 25.5 Å². The van der Waals surface area contributed by atoms with Gasteiger partial charge in [-0.3, -0.25) is 0 Å². The Hall–Kier alpha value is -2.03. The molecule has 100 valence electrons. The summed E-state index contributed by atoms with van der Waals surface area (Å²) in [6.45, 7) is 4.17. The third-order valence-electron chi connectivity index (χ3n) is 3.55. The highest BCUT2D eigenvalue weighted by atomic mass is 16.4. The van der Waals surface area contributed by atoms with Gasteiger partial charge in [0.1, 0.15) is 0 Å². The van der Waals surface area contributed by atoms with Crippen molar-refractivity contribution in [1.82, 2.24) is 0 Å². The molecule has 1 aromatic rings. The zero-order valence-corrected chi connectivity index (χ0v) is 11.9. The summed E-state index contributed by atoms with van der Waals surface area (Å²) in [5.41, 5.74) is 6.97. The fourth-order valence-corrected chi connectivity index (χ4v) is 2.56. The predicted octanol–water partition coefficient (Wildman–Crippen LogP) is 3.60. The number of anilines is 1. The van der Waals surface area contributed by atoms with E-state index in [1.165, 1.54) is 17.4 Å². The van der Waals surface area contributed by atoms with Gasteiger partial charge in [0.25, 0.3) is 0 Å².